The number of nitrogens with zero attached hydrogens (tertiary/aromatic N) is 2. The van der Waals surface area contributed by atoms with Crippen molar-refractivity contribution in [2.45, 2.75) is 19.3 Å². The van der Waals surface area contributed by atoms with Crippen LogP contribution >= 0.6 is 0 Å². The van der Waals surface area contributed by atoms with E-state index in [0.717, 1.165) is 12.8 Å². The standard InChI is InChI=1S/C17H16N2O/c1-3-7-14(8-4-1)11-12-16-18-19-17(20-16)13-15-9-5-2-6-10-15/h1-10H,11-13H2. The summed E-state index contributed by atoms with van der Waals surface area (Å²) in [6.07, 6.45) is 2.40. The van der Waals surface area contributed by atoms with Crippen molar-refractivity contribution in [2.75, 3.05) is 0 Å². The van der Waals surface area contributed by atoms with Crippen LogP contribution in [0.3, 0.4) is 0 Å². The van der Waals surface area contributed by atoms with Crippen molar-refractivity contribution >= 4 is 0 Å². The van der Waals surface area contributed by atoms with E-state index in [1.807, 2.05) is 36.4 Å². The van der Waals surface area contributed by atoms with Gasteiger partial charge in [-0.05, 0) is 17.5 Å². The van der Waals surface area contributed by atoms with Gasteiger partial charge in [-0.3, -0.25) is 0 Å². The third-order valence-corrected chi connectivity index (χ3v) is 3.18. The first-order valence-corrected chi connectivity index (χ1v) is 6.79. The minimum Gasteiger partial charge on any atom is -0.425 e. The lowest BCUT2D eigenvalue weighted by Crippen LogP contribution is -1.90. The van der Waals surface area contributed by atoms with Crippen LogP contribution in [-0.2, 0) is 19.3 Å². The number of rotatable bonds is 5. The Labute approximate surface area is 118 Å². The van der Waals surface area contributed by atoms with Crippen LogP contribution in [0.4, 0.5) is 0 Å². The molecule has 3 aromatic rings. The molecule has 0 spiro atoms. The fourth-order valence-electron chi connectivity index (χ4n) is 2.13. The van der Waals surface area contributed by atoms with E-state index in [1.54, 1.807) is 0 Å². The van der Waals surface area contributed by atoms with E-state index in [0.29, 0.717) is 18.2 Å². The van der Waals surface area contributed by atoms with Crippen LogP contribution in [0.25, 0.3) is 0 Å². The van der Waals surface area contributed by atoms with Gasteiger partial charge < -0.3 is 4.42 Å². The smallest absolute Gasteiger partial charge is 0.220 e. The van der Waals surface area contributed by atoms with E-state index in [2.05, 4.69) is 34.5 Å². The molecule has 20 heavy (non-hydrogen) atoms. The lowest BCUT2D eigenvalue weighted by molar-refractivity contribution is 0.457. The van der Waals surface area contributed by atoms with Gasteiger partial charge in [0.2, 0.25) is 11.8 Å². The first-order valence-electron chi connectivity index (χ1n) is 6.79. The molecule has 0 bridgehead atoms. The number of aryl methyl sites for hydroxylation is 2. The SMILES string of the molecule is c1ccc(CCc2nnc(Cc3ccccc3)o2)cc1. The van der Waals surface area contributed by atoms with Crippen LogP contribution in [0, 0.1) is 0 Å². The molecule has 3 nitrogen and oxygen atoms in total. The highest BCUT2D eigenvalue weighted by molar-refractivity contribution is 5.18. The summed E-state index contributed by atoms with van der Waals surface area (Å²) in [5, 5.41) is 8.22. The fraction of sp³-hybridized carbons (Fsp3) is 0.176. The summed E-state index contributed by atoms with van der Waals surface area (Å²) in [6.45, 7) is 0. The monoisotopic (exact) mass is 264 g/mol. The first-order chi connectivity index (χ1) is 9.90. The Morgan fingerprint density at radius 1 is 0.650 bits per heavy atom. The molecule has 100 valence electrons. The molecule has 1 aromatic heterocycles. The zero-order chi connectivity index (χ0) is 13.6. The summed E-state index contributed by atoms with van der Waals surface area (Å²) < 4.78 is 5.69. The lowest BCUT2D eigenvalue weighted by atomic mass is 10.1. The molecule has 0 atom stereocenters. The Kier molecular flexibility index (Phi) is 3.88. The third-order valence-electron chi connectivity index (χ3n) is 3.18. The highest BCUT2D eigenvalue weighted by Crippen LogP contribution is 2.10. The van der Waals surface area contributed by atoms with Crippen molar-refractivity contribution in [1.29, 1.82) is 0 Å². The largest absolute Gasteiger partial charge is 0.425 e. The normalized spacial score (nSPS) is 10.6. The molecular weight excluding hydrogens is 248 g/mol. The van der Waals surface area contributed by atoms with Crippen molar-refractivity contribution in [1.82, 2.24) is 10.2 Å². The van der Waals surface area contributed by atoms with Gasteiger partial charge in [0.1, 0.15) is 0 Å². The number of hydrogen-bond donors (Lipinski definition) is 0. The minimum absolute atomic E-state index is 0.680. The Morgan fingerprint density at radius 3 is 1.95 bits per heavy atom. The average molecular weight is 264 g/mol. The Bertz CT molecular complexity index is 647. The van der Waals surface area contributed by atoms with Gasteiger partial charge in [0.15, 0.2) is 0 Å². The molecule has 0 amide bonds. The van der Waals surface area contributed by atoms with Gasteiger partial charge in [-0.2, -0.15) is 0 Å². The van der Waals surface area contributed by atoms with Crippen LogP contribution in [0.5, 0.6) is 0 Å². The molecule has 0 aliphatic carbocycles. The van der Waals surface area contributed by atoms with Crippen LogP contribution < -0.4 is 0 Å². The van der Waals surface area contributed by atoms with E-state index in [1.165, 1.54) is 11.1 Å². The topological polar surface area (TPSA) is 38.9 Å². The second kappa shape index (κ2) is 6.15. The average Bonchev–Trinajstić information content (AvgIpc) is 2.95. The predicted molar refractivity (Wildman–Crippen MR) is 77.4 cm³/mol. The van der Waals surface area contributed by atoms with E-state index >= 15 is 0 Å². The third kappa shape index (κ3) is 3.32. The number of aromatic nitrogens is 2. The maximum atomic E-state index is 5.69. The lowest BCUT2D eigenvalue weighted by Gasteiger charge is -1.97. The van der Waals surface area contributed by atoms with Gasteiger partial charge in [0, 0.05) is 6.42 Å². The van der Waals surface area contributed by atoms with Crippen molar-refractivity contribution in [3.05, 3.63) is 83.6 Å². The molecule has 0 saturated carbocycles. The van der Waals surface area contributed by atoms with Gasteiger partial charge >= 0.3 is 0 Å². The molecule has 0 aliphatic heterocycles. The second-order valence-corrected chi connectivity index (χ2v) is 4.74. The van der Waals surface area contributed by atoms with Crippen molar-refractivity contribution in [3.8, 4) is 0 Å². The molecule has 2 aromatic carbocycles. The van der Waals surface area contributed by atoms with Gasteiger partial charge in [-0.15, -0.1) is 10.2 Å². The van der Waals surface area contributed by atoms with E-state index in [-0.39, 0.29) is 0 Å². The molecular formula is C17H16N2O. The molecule has 3 rings (SSSR count). The first kappa shape index (κ1) is 12.6. The van der Waals surface area contributed by atoms with Crippen LogP contribution in [0.1, 0.15) is 22.9 Å². The molecule has 0 aliphatic rings. The molecule has 0 radical (unpaired) electrons. The van der Waals surface area contributed by atoms with Gasteiger partial charge in [0.25, 0.3) is 0 Å². The van der Waals surface area contributed by atoms with Crippen molar-refractivity contribution in [2.24, 2.45) is 0 Å². The molecule has 0 saturated heterocycles. The number of benzene rings is 2. The zero-order valence-electron chi connectivity index (χ0n) is 11.2. The van der Waals surface area contributed by atoms with E-state index < -0.39 is 0 Å². The Hall–Kier alpha value is -2.42. The molecule has 3 heteroatoms. The summed E-state index contributed by atoms with van der Waals surface area (Å²) in [7, 11) is 0. The highest BCUT2D eigenvalue weighted by atomic mass is 16.4. The summed E-state index contributed by atoms with van der Waals surface area (Å²) in [6, 6.07) is 20.5. The quantitative estimate of drug-likeness (QED) is 0.708. The molecule has 1 heterocycles. The second-order valence-electron chi connectivity index (χ2n) is 4.74. The Morgan fingerprint density at radius 2 is 1.25 bits per heavy atom. The highest BCUT2D eigenvalue weighted by Gasteiger charge is 2.07. The van der Waals surface area contributed by atoms with Gasteiger partial charge in [0.05, 0.1) is 6.42 Å². The van der Waals surface area contributed by atoms with Gasteiger partial charge in [-0.1, -0.05) is 60.7 Å². The maximum absolute atomic E-state index is 5.69. The summed E-state index contributed by atoms with van der Waals surface area (Å²) in [5.41, 5.74) is 2.47. The molecule has 0 N–H and O–H groups in total. The zero-order valence-corrected chi connectivity index (χ0v) is 11.2. The minimum atomic E-state index is 0.680. The fourth-order valence-corrected chi connectivity index (χ4v) is 2.13. The predicted octanol–water partition coefficient (Wildman–Crippen LogP) is 3.45. The van der Waals surface area contributed by atoms with Crippen molar-refractivity contribution in [3.63, 3.8) is 0 Å². The summed E-state index contributed by atoms with van der Waals surface area (Å²) in [5.74, 6) is 1.39. The molecule has 0 fully saturated rings. The maximum Gasteiger partial charge on any atom is 0.220 e. The summed E-state index contributed by atoms with van der Waals surface area (Å²) in [4.78, 5) is 0. The van der Waals surface area contributed by atoms with E-state index in [4.69, 9.17) is 4.42 Å². The van der Waals surface area contributed by atoms with E-state index in [9.17, 15) is 0 Å². The van der Waals surface area contributed by atoms with Gasteiger partial charge in [-0.25, -0.2) is 0 Å². The van der Waals surface area contributed by atoms with Crippen LogP contribution in [-0.4, -0.2) is 10.2 Å². The van der Waals surface area contributed by atoms with Crippen LogP contribution in [0.2, 0.25) is 0 Å². The number of hydrogen-bond acceptors (Lipinski definition) is 3. The summed E-state index contributed by atoms with van der Waals surface area (Å²) >= 11 is 0. The van der Waals surface area contributed by atoms with Crippen LogP contribution in [0.15, 0.2) is 65.1 Å². The Balaban J connectivity index is 1.60. The van der Waals surface area contributed by atoms with Crippen molar-refractivity contribution < 1.29 is 4.42 Å². The molecule has 0 unspecified atom stereocenters.